The van der Waals surface area contributed by atoms with Gasteiger partial charge >= 0.3 is 0 Å². The van der Waals surface area contributed by atoms with Crippen molar-refractivity contribution >= 4 is 11.0 Å². The Labute approximate surface area is 108 Å². The highest BCUT2D eigenvalue weighted by atomic mass is 19.1. The smallest absolute Gasteiger partial charge is 0.170 e. The maximum atomic E-state index is 13.4. The molecule has 0 aliphatic carbocycles. The second-order valence-corrected chi connectivity index (χ2v) is 4.11. The molecule has 1 heterocycles. The molecule has 3 aromatic rings. The number of hydrogen-bond acceptors (Lipinski definition) is 2. The van der Waals surface area contributed by atoms with E-state index in [9.17, 15) is 8.78 Å². The van der Waals surface area contributed by atoms with Gasteiger partial charge in [0.1, 0.15) is 23.9 Å². The molecule has 1 aromatic heterocycles. The molecule has 0 spiro atoms. The van der Waals surface area contributed by atoms with Crippen LogP contribution in [0.4, 0.5) is 8.78 Å². The Balaban J connectivity index is 1.78. The molecule has 0 atom stereocenters. The van der Waals surface area contributed by atoms with Crippen molar-refractivity contribution in [2.24, 2.45) is 0 Å². The SMILES string of the molecule is Fc1ccc(OCc2cc3cccc(F)c3o2)cc1. The van der Waals surface area contributed by atoms with Gasteiger partial charge in [-0.1, -0.05) is 12.1 Å². The monoisotopic (exact) mass is 260 g/mol. The van der Waals surface area contributed by atoms with Gasteiger partial charge in [-0.15, -0.1) is 0 Å². The van der Waals surface area contributed by atoms with E-state index in [4.69, 9.17) is 9.15 Å². The van der Waals surface area contributed by atoms with Gasteiger partial charge < -0.3 is 9.15 Å². The molecule has 2 aromatic carbocycles. The van der Waals surface area contributed by atoms with Crippen molar-refractivity contribution in [2.45, 2.75) is 6.61 Å². The highest BCUT2D eigenvalue weighted by molar-refractivity contribution is 5.78. The van der Waals surface area contributed by atoms with Crippen molar-refractivity contribution in [3.63, 3.8) is 0 Å². The van der Waals surface area contributed by atoms with E-state index < -0.39 is 5.82 Å². The maximum Gasteiger partial charge on any atom is 0.170 e. The van der Waals surface area contributed by atoms with Gasteiger partial charge in [-0.3, -0.25) is 0 Å². The minimum absolute atomic E-state index is 0.166. The van der Waals surface area contributed by atoms with E-state index in [1.807, 2.05) is 0 Å². The van der Waals surface area contributed by atoms with Gasteiger partial charge in [0.05, 0.1) is 0 Å². The first-order valence-electron chi connectivity index (χ1n) is 5.78. The van der Waals surface area contributed by atoms with Crippen LogP contribution in [0.5, 0.6) is 5.75 Å². The average molecular weight is 260 g/mol. The average Bonchev–Trinajstić information content (AvgIpc) is 2.83. The molecule has 0 aliphatic rings. The summed E-state index contributed by atoms with van der Waals surface area (Å²) in [4.78, 5) is 0. The minimum atomic E-state index is -0.398. The number of rotatable bonds is 3. The molecule has 19 heavy (non-hydrogen) atoms. The van der Waals surface area contributed by atoms with Gasteiger partial charge in [0.25, 0.3) is 0 Å². The van der Waals surface area contributed by atoms with Gasteiger partial charge in [0.2, 0.25) is 0 Å². The lowest BCUT2D eigenvalue weighted by atomic mass is 10.2. The van der Waals surface area contributed by atoms with Gasteiger partial charge in [0, 0.05) is 5.39 Å². The quantitative estimate of drug-likeness (QED) is 0.701. The number of benzene rings is 2. The minimum Gasteiger partial charge on any atom is -0.486 e. The Morgan fingerprint density at radius 3 is 2.53 bits per heavy atom. The summed E-state index contributed by atoms with van der Waals surface area (Å²) in [6, 6.07) is 12.1. The summed E-state index contributed by atoms with van der Waals surface area (Å²) < 4.78 is 37.0. The zero-order valence-corrected chi connectivity index (χ0v) is 9.90. The zero-order chi connectivity index (χ0) is 13.2. The van der Waals surface area contributed by atoms with Crippen molar-refractivity contribution in [3.8, 4) is 5.75 Å². The van der Waals surface area contributed by atoms with Crippen molar-refractivity contribution in [1.82, 2.24) is 0 Å². The van der Waals surface area contributed by atoms with Gasteiger partial charge in [-0.2, -0.15) is 0 Å². The third kappa shape index (κ3) is 2.42. The van der Waals surface area contributed by atoms with Crippen LogP contribution in [0, 0.1) is 11.6 Å². The molecule has 0 fully saturated rings. The van der Waals surface area contributed by atoms with E-state index in [1.165, 1.54) is 30.3 Å². The third-order valence-electron chi connectivity index (χ3n) is 2.74. The summed E-state index contributed by atoms with van der Waals surface area (Å²) >= 11 is 0. The van der Waals surface area contributed by atoms with E-state index in [0.29, 0.717) is 16.9 Å². The fourth-order valence-electron chi connectivity index (χ4n) is 1.84. The number of fused-ring (bicyclic) bond motifs is 1. The zero-order valence-electron chi connectivity index (χ0n) is 9.90. The van der Waals surface area contributed by atoms with E-state index in [1.54, 1.807) is 18.2 Å². The predicted octanol–water partition coefficient (Wildman–Crippen LogP) is 4.29. The lowest BCUT2D eigenvalue weighted by Gasteiger charge is -2.03. The third-order valence-corrected chi connectivity index (χ3v) is 2.74. The van der Waals surface area contributed by atoms with Crippen LogP contribution in [-0.2, 0) is 6.61 Å². The standard InChI is InChI=1S/C15H10F2O2/c16-11-4-6-12(7-5-11)18-9-13-8-10-2-1-3-14(17)15(10)19-13/h1-8H,9H2. The lowest BCUT2D eigenvalue weighted by Crippen LogP contribution is -1.93. The van der Waals surface area contributed by atoms with Crippen molar-refractivity contribution in [3.05, 3.63) is 65.9 Å². The molecule has 0 aliphatic heterocycles. The molecular weight excluding hydrogens is 250 g/mol. The molecule has 0 saturated heterocycles. The van der Waals surface area contributed by atoms with Crippen LogP contribution in [0.25, 0.3) is 11.0 Å². The normalized spacial score (nSPS) is 10.8. The fraction of sp³-hybridized carbons (Fsp3) is 0.0667. The van der Waals surface area contributed by atoms with Gasteiger partial charge in [-0.05, 0) is 36.4 Å². The van der Waals surface area contributed by atoms with Gasteiger partial charge in [0.15, 0.2) is 11.4 Å². The molecule has 3 rings (SSSR count). The van der Waals surface area contributed by atoms with Crippen LogP contribution < -0.4 is 4.74 Å². The molecule has 0 N–H and O–H groups in total. The van der Waals surface area contributed by atoms with E-state index in [-0.39, 0.29) is 18.0 Å². The number of furan rings is 1. The van der Waals surface area contributed by atoms with Crippen LogP contribution in [0.15, 0.2) is 52.9 Å². The van der Waals surface area contributed by atoms with Crippen molar-refractivity contribution in [1.29, 1.82) is 0 Å². The first-order chi connectivity index (χ1) is 9.22. The number of para-hydroxylation sites is 1. The van der Waals surface area contributed by atoms with Crippen molar-refractivity contribution in [2.75, 3.05) is 0 Å². The van der Waals surface area contributed by atoms with Crippen LogP contribution >= 0.6 is 0 Å². The summed E-state index contributed by atoms with van der Waals surface area (Å²) in [6.45, 7) is 0.166. The molecule has 0 radical (unpaired) electrons. The Morgan fingerprint density at radius 2 is 1.79 bits per heavy atom. The van der Waals surface area contributed by atoms with Crippen LogP contribution in [0.1, 0.15) is 5.76 Å². The highest BCUT2D eigenvalue weighted by Gasteiger charge is 2.08. The van der Waals surface area contributed by atoms with Crippen LogP contribution in [-0.4, -0.2) is 0 Å². The topological polar surface area (TPSA) is 22.4 Å². The summed E-state index contributed by atoms with van der Waals surface area (Å²) in [5.41, 5.74) is 0.222. The van der Waals surface area contributed by atoms with Gasteiger partial charge in [-0.25, -0.2) is 8.78 Å². The van der Waals surface area contributed by atoms with Crippen LogP contribution in [0.2, 0.25) is 0 Å². The first-order valence-corrected chi connectivity index (χ1v) is 5.78. The summed E-state index contributed by atoms with van der Waals surface area (Å²) in [5.74, 6) is 0.329. The molecule has 0 saturated carbocycles. The predicted molar refractivity (Wildman–Crippen MR) is 66.9 cm³/mol. The molecule has 96 valence electrons. The maximum absolute atomic E-state index is 13.4. The molecule has 2 nitrogen and oxygen atoms in total. The first kappa shape index (κ1) is 11.7. The Morgan fingerprint density at radius 1 is 1.00 bits per heavy atom. The van der Waals surface area contributed by atoms with E-state index >= 15 is 0 Å². The Kier molecular flexibility index (Phi) is 2.91. The summed E-state index contributed by atoms with van der Waals surface area (Å²) in [7, 11) is 0. The van der Waals surface area contributed by atoms with Crippen molar-refractivity contribution < 1.29 is 17.9 Å². The summed E-state index contributed by atoms with van der Waals surface area (Å²) in [6.07, 6.45) is 0. The number of ether oxygens (including phenoxy) is 1. The second kappa shape index (κ2) is 4.72. The van der Waals surface area contributed by atoms with E-state index in [2.05, 4.69) is 0 Å². The van der Waals surface area contributed by atoms with Crippen LogP contribution in [0.3, 0.4) is 0 Å². The lowest BCUT2D eigenvalue weighted by molar-refractivity contribution is 0.273. The number of hydrogen-bond donors (Lipinski definition) is 0. The molecular formula is C15H10F2O2. The fourth-order valence-corrected chi connectivity index (χ4v) is 1.84. The Bertz CT molecular complexity index is 702. The highest BCUT2D eigenvalue weighted by Crippen LogP contribution is 2.23. The number of halogens is 2. The molecule has 0 bridgehead atoms. The Hall–Kier alpha value is -2.36. The largest absolute Gasteiger partial charge is 0.486 e. The van der Waals surface area contributed by atoms with E-state index in [0.717, 1.165) is 0 Å². The molecule has 0 unspecified atom stereocenters. The second-order valence-electron chi connectivity index (χ2n) is 4.11. The summed E-state index contributed by atoms with van der Waals surface area (Å²) in [5, 5.41) is 0.692. The molecule has 4 heteroatoms. The molecule has 0 amide bonds.